The summed E-state index contributed by atoms with van der Waals surface area (Å²) >= 11 is 0. The second-order valence-electron chi connectivity index (χ2n) is 7.97. The molecule has 0 aliphatic rings. The summed E-state index contributed by atoms with van der Waals surface area (Å²) in [5, 5.41) is 2.64. The van der Waals surface area contributed by atoms with Crippen molar-refractivity contribution in [1.82, 2.24) is 10.2 Å². The smallest absolute Gasteiger partial charge is 0.242 e. The molecular formula is C25H35N3O5S. The minimum atomic E-state index is -3.59. The Bertz CT molecular complexity index is 1040. The number of carbonyl (C=O) groups is 2. The minimum Gasteiger partial charge on any atom is -0.495 e. The van der Waals surface area contributed by atoms with E-state index in [0.717, 1.165) is 11.8 Å². The van der Waals surface area contributed by atoms with Crippen LogP contribution in [0, 0.1) is 0 Å². The van der Waals surface area contributed by atoms with Crippen molar-refractivity contribution in [3.8, 4) is 5.75 Å². The molecule has 9 heteroatoms. The summed E-state index contributed by atoms with van der Waals surface area (Å²) in [5.41, 5.74) is 1.50. The molecule has 0 aliphatic heterocycles. The van der Waals surface area contributed by atoms with Gasteiger partial charge in [0.1, 0.15) is 11.8 Å². The number of anilines is 1. The van der Waals surface area contributed by atoms with Crippen LogP contribution in [0.2, 0.25) is 0 Å². The molecule has 2 aromatic carbocycles. The van der Waals surface area contributed by atoms with Gasteiger partial charge in [0.2, 0.25) is 21.8 Å². The maximum atomic E-state index is 13.2. The first kappa shape index (κ1) is 27.2. The van der Waals surface area contributed by atoms with Gasteiger partial charge in [-0.25, -0.2) is 8.42 Å². The fourth-order valence-electron chi connectivity index (χ4n) is 3.88. The molecule has 0 aliphatic carbocycles. The van der Waals surface area contributed by atoms with Gasteiger partial charge in [0.25, 0.3) is 0 Å². The number of ether oxygens (including phenoxy) is 1. The Morgan fingerprint density at radius 2 is 1.68 bits per heavy atom. The number of carbonyl (C=O) groups excluding carboxylic acids is 2. The van der Waals surface area contributed by atoms with E-state index >= 15 is 0 Å². The summed E-state index contributed by atoms with van der Waals surface area (Å²) < 4.78 is 31.5. The van der Waals surface area contributed by atoms with Crippen LogP contribution in [-0.4, -0.2) is 64.7 Å². The Morgan fingerprint density at radius 3 is 2.26 bits per heavy atom. The molecule has 1 N–H and O–H groups in total. The van der Waals surface area contributed by atoms with Crippen LogP contribution >= 0.6 is 0 Å². The molecule has 1 atom stereocenters. The molecule has 0 spiro atoms. The van der Waals surface area contributed by atoms with E-state index in [0.29, 0.717) is 37.2 Å². The second-order valence-corrected chi connectivity index (χ2v) is 9.88. The van der Waals surface area contributed by atoms with E-state index in [-0.39, 0.29) is 24.8 Å². The summed E-state index contributed by atoms with van der Waals surface area (Å²) in [6.45, 7) is 2.39. The van der Waals surface area contributed by atoms with E-state index in [4.69, 9.17) is 4.74 Å². The van der Waals surface area contributed by atoms with Gasteiger partial charge in [-0.3, -0.25) is 13.9 Å². The molecule has 0 unspecified atom stereocenters. The fraction of sp³-hybridized carbons (Fsp3) is 0.440. The predicted octanol–water partition coefficient (Wildman–Crippen LogP) is 2.84. The average Bonchev–Trinajstić information content (AvgIpc) is 2.83. The monoisotopic (exact) mass is 489 g/mol. The quantitative estimate of drug-likeness (QED) is 0.467. The highest BCUT2D eigenvalue weighted by Crippen LogP contribution is 2.29. The summed E-state index contributed by atoms with van der Waals surface area (Å²) in [5.74, 6) is 0.0463. The van der Waals surface area contributed by atoms with Crippen molar-refractivity contribution in [2.24, 2.45) is 0 Å². The summed E-state index contributed by atoms with van der Waals surface area (Å²) in [4.78, 5) is 27.3. The summed E-state index contributed by atoms with van der Waals surface area (Å²) in [7, 11) is -0.548. The lowest BCUT2D eigenvalue weighted by atomic mass is 10.1. The second kappa shape index (κ2) is 13.0. The van der Waals surface area contributed by atoms with E-state index in [1.54, 1.807) is 36.2 Å². The van der Waals surface area contributed by atoms with Crippen LogP contribution in [0.25, 0.3) is 0 Å². The molecule has 0 heterocycles. The number of nitrogens with one attached hydrogen (secondary N) is 1. The van der Waals surface area contributed by atoms with Crippen LogP contribution < -0.4 is 14.4 Å². The Hall–Kier alpha value is -3.07. The molecule has 8 nitrogen and oxygen atoms in total. The SMILES string of the molecule is CC[C@H](C(=O)NC)N(CCc1ccccc1)C(=O)CCCN(c1ccccc1OC)S(C)(=O)=O. The standard InChI is InChI=1S/C25H35N3O5S/c1-5-21(25(30)26-2)27(19-17-20-12-7-6-8-13-20)24(29)16-11-18-28(34(4,31)32)22-14-9-10-15-23(22)33-3/h6-10,12-15,21H,5,11,16-19H2,1-4H3,(H,26,30)/t21-/m1/s1. The predicted molar refractivity (Wildman–Crippen MR) is 134 cm³/mol. The number of rotatable bonds is 13. The molecule has 0 fully saturated rings. The summed E-state index contributed by atoms with van der Waals surface area (Å²) in [6, 6.07) is 16.1. The number of likely N-dealkylation sites (N-methyl/N-ethyl adjacent to an activating group) is 1. The maximum Gasteiger partial charge on any atom is 0.242 e. The zero-order chi connectivity index (χ0) is 25.1. The molecule has 0 bridgehead atoms. The van der Waals surface area contributed by atoms with Gasteiger partial charge in [0, 0.05) is 26.6 Å². The van der Waals surface area contributed by atoms with Crippen molar-refractivity contribution >= 4 is 27.5 Å². The van der Waals surface area contributed by atoms with E-state index in [1.165, 1.54) is 11.4 Å². The van der Waals surface area contributed by atoms with Crippen molar-refractivity contribution in [1.29, 1.82) is 0 Å². The third-order valence-electron chi connectivity index (χ3n) is 5.62. The third kappa shape index (κ3) is 7.48. The van der Waals surface area contributed by atoms with Crippen molar-refractivity contribution in [3.05, 3.63) is 60.2 Å². The van der Waals surface area contributed by atoms with Crippen LogP contribution in [0.1, 0.15) is 31.7 Å². The van der Waals surface area contributed by atoms with E-state index < -0.39 is 16.1 Å². The molecule has 2 aromatic rings. The number of hydrogen-bond donors (Lipinski definition) is 1. The molecule has 2 amide bonds. The number of sulfonamides is 1. The first-order valence-corrected chi connectivity index (χ1v) is 13.2. The first-order valence-electron chi connectivity index (χ1n) is 11.4. The number of hydrogen-bond acceptors (Lipinski definition) is 5. The molecule has 34 heavy (non-hydrogen) atoms. The van der Waals surface area contributed by atoms with Crippen LogP contribution in [0.4, 0.5) is 5.69 Å². The summed E-state index contributed by atoms with van der Waals surface area (Å²) in [6.07, 6.45) is 2.65. The van der Waals surface area contributed by atoms with Crippen LogP contribution in [0.15, 0.2) is 54.6 Å². The normalized spacial score (nSPS) is 12.0. The number of para-hydroxylation sites is 2. The number of methoxy groups -OCH3 is 1. The van der Waals surface area contributed by atoms with Crippen molar-refractivity contribution in [2.45, 2.75) is 38.6 Å². The van der Waals surface area contributed by atoms with Gasteiger partial charge in [-0.15, -0.1) is 0 Å². The lowest BCUT2D eigenvalue weighted by molar-refractivity contribution is -0.140. The molecule has 186 valence electrons. The maximum absolute atomic E-state index is 13.2. The van der Waals surface area contributed by atoms with Gasteiger partial charge in [0.15, 0.2) is 0 Å². The van der Waals surface area contributed by atoms with Gasteiger partial charge in [-0.05, 0) is 37.0 Å². The highest BCUT2D eigenvalue weighted by atomic mass is 32.2. The van der Waals surface area contributed by atoms with Crippen LogP contribution in [0.5, 0.6) is 5.75 Å². The Balaban J connectivity index is 2.15. The molecule has 0 radical (unpaired) electrons. The van der Waals surface area contributed by atoms with Gasteiger partial charge in [-0.2, -0.15) is 0 Å². The Kier molecular flexibility index (Phi) is 10.4. The van der Waals surface area contributed by atoms with Gasteiger partial charge >= 0.3 is 0 Å². The Morgan fingerprint density at radius 1 is 1.03 bits per heavy atom. The average molecular weight is 490 g/mol. The van der Waals surface area contributed by atoms with E-state index in [2.05, 4.69) is 5.32 Å². The van der Waals surface area contributed by atoms with E-state index in [1.807, 2.05) is 37.3 Å². The van der Waals surface area contributed by atoms with Crippen molar-refractivity contribution in [2.75, 3.05) is 37.8 Å². The van der Waals surface area contributed by atoms with Crippen LogP contribution in [0.3, 0.4) is 0 Å². The highest BCUT2D eigenvalue weighted by molar-refractivity contribution is 7.92. The number of benzene rings is 2. The number of amides is 2. The zero-order valence-corrected chi connectivity index (χ0v) is 21.2. The molecule has 0 aromatic heterocycles. The van der Waals surface area contributed by atoms with Crippen molar-refractivity contribution < 1.29 is 22.7 Å². The first-order chi connectivity index (χ1) is 16.2. The molecule has 0 saturated carbocycles. The lowest BCUT2D eigenvalue weighted by Crippen LogP contribution is -2.49. The molecular weight excluding hydrogens is 454 g/mol. The third-order valence-corrected chi connectivity index (χ3v) is 6.80. The van der Waals surface area contributed by atoms with Crippen LogP contribution in [-0.2, 0) is 26.0 Å². The topological polar surface area (TPSA) is 96.0 Å². The largest absolute Gasteiger partial charge is 0.495 e. The van der Waals surface area contributed by atoms with Gasteiger partial charge < -0.3 is 15.0 Å². The van der Waals surface area contributed by atoms with Gasteiger partial charge in [0.05, 0.1) is 19.1 Å². The Labute approximate surface area is 202 Å². The molecule has 2 rings (SSSR count). The van der Waals surface area contributed by atoms with Crippen molar-refractivity contribution in [3.63, 3.8) is 0 Å². The lowest BCUT2D eigenvalue weighted by Gasteiger charge is -2.31. The number of nitrogens with zero attached hydrogens (tertiary/aromatic N) is 2. The highest BCUT2D eigenvalue weighted by Gasteiger charge is 2.28. The minimum absolute atomic E-state index is 0.115. The fourth-order valence-corrected chi connectivity index (χ4v) is 4.85. The molecule has 0 saturated heterocycles. The zero-order valence-electron chi connectivity index (χ0n) is 20.4. The van der Waals surface area contributed by atoms with E-state index in [9.17, 15) is 18.0 Å². The van der Waals surface area contributed by atoms with Gasteiger partial charge in [-0.1, -0.05) is 49.4 Å².